The van der Waals surface area contributed by atoms with Crippen LogP contribution in [0.1, 0.15) is 31.7 Å². The Hall–Kier alpha value is -1.55. The van der Waals surface area contributed by atoms with Crippen molar-refractivity contribution in [2.45, 2.75) is 26.2 Å². The summed E-state index contributed by atoms with van der Waals surface area (Å²) < 4.78 is 0. The molecule has 0 aliphatic rings. The zero-order valence-corrected chi connectivity index (χ0v) is 10.5. The quantitative estimate of drug-likeness (QED) is 0.615. The van der Waals surface area contributed by atoms with Crippen LogP contribution in [0.3, 0.4) is 0 Å². The number of benzene rings is 1. The summed E-state index contributed by atoms with van der Waals surface area (Å²) in [7, 11) is 0. The van der Waals surface area contributed by atoms with Crippen LogP contribution in [0.4, 0.5) is 4.79 Å². The number of carbonyl (C=O) groups is 1. The maximum absolute atomic E-state index is 10.6. The van der Waals surface area contributed by atoms with Crippen LogP contribution in [0.25, 0.3) is 0 Å². The van der Waals surface area contributed by atoms with Crippen molar-refractivity contribution in [3.63, 3.8) is 0 Å². The van der Waals surface area contributed by atoms with Crippen molar-refractivity contribution < 1.29 is 4.79 Å². The average molecular weight is 254 g/mol. The molecule has 0 bridgehead atoms. The molecular formula is C12H16ClN3O. The first kappa shape index (κ1) is 13.5. The van der Waals surface area contributed by atoms with E-state index in [9.17, 15) is 4.79 Å². The molecule has 0 saturated carbocycles. The number of hydrazone groups is 1. The number of amides is 2. The maximum Gasteiger partial charge on any atom is 0.332 e. The standard InChI is InChI=1S/C12H16ClN3O/c1-2-3-4-11(15-16-12(14)17)9-5-7-10(13)8-6-9/h5-8H,2-4H2,1H3,(H3,14,16,17). The SMILES string of the molecule is CCCCC(=NNC(N)=O)c1ccc(Cl)cc1. The minimum absolute atomic E-state index is 0.659. The van der Waals surface area contributed by atoms with Gasteiger partial charge >= 0.3 is 6.03 Å². The van der Waals surface area contributed by atoms with E-state index in [1.54, 1.807) is 12.1 Å². The van der Waals surface area contributed by atoms with Crippen LogP contribution in [0.5, 0.6) is 0 Å². The van der Waals surface area contributed by atoms with E-state index in [4.69, 9.17) is 17.3 Å². The Labute approximate surface area is 106 Å². The Morgan fingerprint density at radius 3 is 2.59 bits per heavy atom. The first-order valence-corrected chi connectivity index (χ1v) is 5.89. The number of unbranched alkanes of at least 4 members (excludes halogenated alkanes) is 1. The summed E-state index contributed by atoms with van der Waals surface area (Å²) in [4.78, 5) is 10.6. The second-order valence-electron chi connectivity index (χ2n) is 3.64. The third-order valence-corrected chi connectivity index (χ3v) is 2.50. The normalized spacial score (nSPS) is 11.3. The molecule has 0 unspecified atom stereocenters. The number of primary amides is 1. The minimum Gasteiger partial charge on any atom is -0.350 e. The van der Waals surface area contributed by atoms with Crippen molar-refractivity contribution >= 4 is 23.3 Å². The molecule has 0 radical (unpaired) electrons. The van der Waals surface area contributed by atoms with E-state index in [-0.39, 0.29) is 0 Å². The Morgan fingerprint density at radius 2 is 2.06 bits per heavy atom. The van der Waals surface area contributed by atoms with Crippen LogP contribution in [0.2, 0.25) is 5.02 Å². The smallest absolute Gasteiger partial charge is 0.332 e. The summed E-state index contributed by atoms with van der Waals surface area (Å²) in [6.07, 6.45) is 2.85. The fourth-order valence-corrected chi connectivity index (χ4v) is 1.50. The first-order chi connectivity index (χ1) is 8.13. The van der Waals surface area contributed by atoms with Gasteiger partial charge < -0.3 is 5.73 Å². The number of rotatable bonds is 5. The topological polar surface area (TPSA) is 67.5 Å². The zero-order valence-electron chi connectivity index (χ0n) is 9.74. The Bertz CT molecular complexity index is 401. The van der Waals surface area contributed by atoms with Crippen molar-refractivity contribution in [3.05, 3.63) is 34.9 Å². The second-order valence-corrected chi connectivity index (χ2v) is 4.08. The Kier molecular flexibility index (Phi) is 5.49. The molecule has 0 aromatic heterocycles. The van der Waals surface area contributed by atoms with E-state index in [0.717, 1.165) is 30.5 Å². The highest BCUT2D eigenvalue weighted by Crippen LogP contribution is 2.13. The van der Waals surface area contributed by atoms with Crippen LogP contribution in [-0.4, -0.2) is 11.7 Å². The molecule has 1 rings (SSSR count). The number of carbonyl (C=O) groups excluding carboxylic acids is 1. The lowest BCUT2D eigenvalue weighted by molar-refractivity contribution is 0.249. The summed E-state index contributed by atoms with van der Waals surface area (Å²) in [5.41, 5.74) is 9.00. The molecule has 2 amide bonds. The Morgan fingerprint density at radius 1 is 1.41 bits per heavy atom. The fourth-order valence-electron chi connectivity index (χ4n) is 1.37. The van der Waals surface area contributed by atoms with Gasteiger partial charge in [0.25, 0.3) is 0 Å². The lowest BCUT2D eigenvalue weighted by Crippen LogP contribution is -2.26. The summed E-state index contributed by atoms with van der Waals surface area (Å²) in [5.74, 6) is 0. The van der Waals surface area contributed by atoms with Crippen molar-refractivity contribution in [2.24, 2.45) is 10.8 Å². The lowest BCUT2D eigenvalue weighted by atomic mass is 10.1. The molecule has 3 N–H and O–H groups in total. The lowest BCUT2D eigenvalue weighted by Gasteiger charge is -2.06. The zero-order chi connectivity index (χ0) is 12.7. The third-order valence-electron chi connectivity index (χ3n) is 2.25. The van der Waals surface area contributed by atoms with Crippen molar-refractivity contribution in [2.75, 3.05) is 0 Å². The summed E-state index contributed by atoms with van der Waals surface area (Å²) in [5, 5.41) is 4.68. The largest absolute Gasteiger partial charge is 0.350 e. The predicted molar refractivity (Wildman–Crippen MR) is 70.2 cm³/mol. The molecule has 1 aromatic rings. The van der Waals surface area contributed by atoms with Gasteiger partial charge in [-0.25, -0.2) is 10.2 Å². The maximum atomic E-state index is 10.6. The van der Waals surface area contributed by atoms with Gasteiger partial charge in [0.1, 0.15) is 0 Å². The molecule has 0 aliphatic carbocycles. The highest BCUT2D eigenvalue weighted by atomic mass is 35.5. The molecule has 17 heavy (non-hydrogen) atoms. The van der Waals surface area contributed by atoms with E-state index in [2.05, 4.69) is 17.5 Å². The molecule has 92 valence electrons. The Balaban J connectivity index is 2.84. The monoisotopic (exact) mass is 253 g/mol. The number of nitrogens with zero attached hydrogens (tertiary/aromatic N) is 1. The van der Waals surface area contributed by atoms with E-state index in [0.29, 0.717) is 5.02 Å². The molecule has 4 nitrogen and oxygen atoms in total. The van der Waals surface area contributed by atoms with Crippen molar-refractivity contribution in [1.29, 1.82) is 0 Å². The van der Waals surface area contributed by atoms with Crippen LogP contribution in [0, 0.1) is 0 Å². The van der Waals surface area contributed by atoms with Gasteiger partial charge in [-0.05, 0) is 30.5 Å². The molecule has 0 spiro atoms. The number of urea groups is 1. The van der Waals surface area contributed by atoms with Gasteiger partial charge in [-0.15, -0.1) is 0 Å². The number of nitrogens with two attached hydrogens (primary N) is 1. The van der Waals surface area contributed by atoms with Gasteiger partial charge in [0.15, 0.2) is 0 Å². The van der Waals surface area contributed by atoms with Crippen LogP contribution in [-0.2, 0) is 0 Å². The number of nitrogens with one attached hydrogen (secondary N) is 1. The van der Waals surface area contributed by atoms with Crippen molar-refractivity contribution in [1.82, 2.24) is 5.43 Å². The van der Waals surface area contributed by atoms with Crippen LogP contribution in [0.15, 0.2) is 29.4 Å². The third kappa shape index (κ3) is 4.87. The first-order valence-electron chi connectivity index (χ1n) is 5.51. The molecule has 0 atom stereocenters. The highest BCUT2D eigenvalue weighted by Gasteiger charge is 2.04. The second kappa shape index (κ2) is 6.91. The number of hydrogen-bond donors (Lipinski definition) is 2. The predicted octanol–water partition coefficient (Wildman–Crippen LogP) is 2.90. The van der Waals surface area contributed by atoms with Gasteiger partial charge in [-0.1, -0.05) is 37.1 Å². The van der Waals surface area contributed by atoms with E-state index in [1.807, 2.05) is 12.1 Å². The van der Waals surface area contributed by atoms with E-state index >= 15 is 0 Å². The molecule has 0 fully saturated rings. The number of hydrogen-bond acceptors (Lipinski definition) is 2. The van der Waals surface area contributed by atoms with Crippen LogP contribution < -0.4 is 11.2 Å². The average Bonchev–Trinajstić information content (AvgIpc) is 2.30. The molecule has 0 saturated heterocycles. The van der Waals surface area contributed by atoms with Crippen LogP contribution >= 0.6 is 11.6 Å². The molecular weight excluding hydrogens is 238 g/mol. The van der Waals surface area contributed by atoms with Crippen molar-refractivity contribution in [3.8, 4) is 0 Å². The minimum atomic E-state index is -0.659. The van der Waals surface area contributed by atoms with Gasteiger partial charge in [-0.3, -0.25) is 0 Å². The summed E-state index contributed by atoms with van der Waals surface area (Å²) in [6.45, 7) is 2.10. The summed E-state index contributed by atoms with van der Waals surface area (Å²) in [6, 6.07) is 6.68. The van der Waals surface area contributed by atoms with E-state index in [1.165, 1.54) is 0 Å². The molecule has 5 heteroatoms. The molecule has 0 heterocycles. The molecule has 1 aromatic carbocycles. The summed E-state index contributed by atoms with van der Waals surface area (Å²) >= 11 is 5.82. The fraction of sp³-hybridized carbons (Fsp3) is 0.333. The van der Waals surface area contributed by atoms with Gasteiger partial charge in [-0.2, -0.15) is 5.10 Å². The van der Waals surface area contributed by atoms with Gasteiger partial charge in [0.05, 0.1) is 5.71 Å². The molecule has 0 aliphatic heterocycles. The van der Waals surface area contributed by atoms with E-state index < -0.39 is 6.03 Å². The highest BCUT2D eigenvalue weighted by molar-refractivity contribution is 6.30. The van der Waals surface area contributed by atoms with Gasteiger partial charge in [0.2, 0.25) is 0 Å². The van der Waals surface area contributed by atoms with Gasteiger partial charge in [0, 0.05) is 5.02 Å². The number of halogens is 1.